The minimum Gasteiger partial charge on any atom is -0.508 e. The minimum atomic E-state index is -0.207. The van der Waals surface area contributed by atoms with Gasteiger partial charge in [0.1, 0.15) is 5.75 Å². The average Bonchev–Trinajstić information content (AvgIpc) is 2.39. The fourth-order valence-electron chi connectivity index (χ4n) is 1.97. The number of nitrogens with one attached hydrogen (secondary N) is 1. The normalized spacial score (nSPS) is 10.3. The van der Waals surface area contributed by atoms with Crippen LogP contribution in [0.5, 0.6) is 5.75 Å². The number of phenols is 1. The Hall–Kier alpha value is -2.49. The van der Waals surface area contributed by atoms with Crippen molar-refractivity contribution in [2.45, 2.75) is 20.3 Å². The number of nitrogens with two attached hydrogens (primary N) is 1. The molecule has 0 heterocycles. The van der Waals surface area contributed by atoms with Gasteiger partial charge in [0.25, 0.3) is 0 Å². The van der Waals surface area contributed by atoms with E-state index < -0.39 is 0 Å². The molecule has 0 aliphatic rings. The molecule has 0 fully saturated rings. The molecule has 0 unspecified atom stereocenters. The summed E-state index contributed by atoms with van der Waals surface area (Å²) >= 11 is 0. The van der Waals surface area contributed by atoms with E-state index in [1.54, 1.807) is 24.3 Å². The van der Waals surface area contributed by atoms with E-state index in [1.165, 1.54) is 0 Å². The number of amides is 1. The summed E-state index contributed by atoms with van der Waals surface area (Å²) in [5.74, 6) is -0.0860. The zero-order chi connectivity index (χ0) is 14.7. The second-order valence-corrected chi connectivity index (χ2v) is 4.88. The number of anilines is 2. The maximum Gasteiger partial charge on any atom is 0.228 e. The van der Waals surface area contributed by atoms with Crippen molar-refractivity contribution in [3.8, 4) is 5.75 Å². The Labute approximate surface area is 118 Å². The van der Waals surface area contributed by atoms with Gasteiger partial charge >= 0.3 is 0 Å². The van der Waals surface area contributed by atoms with Crippen molar-refractivity contribution in [1.82, 2.24) is 0 Å². The maximum absolute atomic E-state index is 12.0. The number of aromatic hydroxyl groups is 1. The van der Waals surface area contributed by atoms with Crippen molar-refractivity contribution >= 4 is 17.3 Å². The van der Waals surface area contributed by atoms with Crippen LogP contribution >= 0.6 is 0 Å². The fraction of sp³-hybridized carbons (Fsp3) is 0.188. The van der Waals surface area contributed by atoms with E-state index in [0.29, 0.717) is 16.9 Å². The summed E-state index contributed by atoms with van der Waals surface area (Å²) < 4.78 is 0. The van der Waals surface area contributed by atoms with Crippen LogP contribution in [0.25, 0.3) is 0 Å². The van der Waals surface area contributed by atoms with Gasteiger partial charge in [-0.1, -0.05) is 18.2 Å². The first-order valence-electron chi connectivity index (χ1n) is 6.41. The zero-order valence-electron chi connectivity index (χ0n) is 11.6. The molecule has 1 amide bonds. The summed E-state index contributed by atoms with van der Waals surface area (Å²) in [7, 11) is 0. The highest BCUT2D eigenvalue weighted by atomic mass is 16.3. The lowest BCUT2D eigenvalue weighted by Crippen LogP contribution is -2.15. The predicted molar refractivity (Wildman–Crippen MR) is 80.8 cm³/mol. The van der Waals surface area contributed by atoms with Gasteiger partial charge in [-0.25, -0.2) is 0 Å². The molecule has 0 aliphatic heterocycles. The molecule has 0 radical (unpaired) electrons. The Morgan fingerprint density at radius 1 is 1.20 bits per heavy atom. The molecule has 0 saturated carbocycles. The molecule has 2 aromatic carbocycles. The number of carbonyl (C=O) groups excluding carboxylic acids is 1. The summed E-state index contributed by atoms with van der Waals surface area (Å²) in [6, 6.07) is 10.5. The van der Waals surface area contributed by atoms with Crippen molar-refractivity contribution in [3.05, 3.63) is 53.1 Å². The van der Waals surface area contributed by atoms with Crippen LogP contribution in [0.4, 0.5) is 11.4 Å². The Bertz CT molecular complexity index is 651. The number of rotatable bonds is 3. The summed E-state index contributed by atoms with van der Waals surface area (Å²) in [6.07, 6.45) is 0.110. The van der Waals surface area contributed by atoms with Crippen LogP contribution in [0.1, 0.15) is 16.7 Å². The molecule has 4 nitrogen and oxygen atoms in total. The van der Waals surface area contributed by atoms with Crippen LogP contribution in [-0.2, 0) is 11.2 Å². The van der Waals surface area contributed by atoms with Gasteiger partial charge in [-0.3, -0.25) is 4.79 Å². The molecule has 0 bridgehead atoms. The average molecular weight is 270 g/mol. The van der Waals surface area contributed by atoms with Crippen molar-refractivity contribution in [2.24, 2.45) is 0 Å². The Kier molecular flexibility index (Phi) is 3.94. The number of hydrogen-bond donors (Lipinski definition) is 3. The van der Waals surface area contributed by atoms with E-state index >= 15 is 0 Å². The molecule has 0 spiro atoms. The van der Waals surface area contributed by atoms with Crippen LogP contribution in [0.15, 0.2) is 36.4 Å². The van der Waals surface area contributed by atoms with Gasteiger partial charge in [-0.15, -0.1) is 0 Å². The van der Waals surface area contributed by atoms with E-state index in [4.69, 9.17) is 5.73 Å². The lowest BCUT2D eigenvalue weighted by molar-refractivity contribution is -0.115. The number of phenolic OH excluding ortho intramolecular Hbond substituents is 1. The summed E-state index contributed by atoms with van der Waals surface area (Å²) in [5, 5.41) is 12.4. The first kappa shape index (κ1) is 13.9. The van der Waals surface area contributed by atoms with Gasteiger partial charge in [0.15, 0.2) is 0 Å². The van der Waals surface area contributed by atoms with Crippen LogP contribution < -0.4 is 11.1 Å². The second-order valence-electron chi connectivity index (χ2n) is 4.88. The molecular weight excluding hydrogens is 252 g/mol. The summed E-state index contributed by atoms with van der Waals surface area (Å²) in [5.41, 5.74) is 9.78. The maximum atomic E-state index is 12.0. The van der Waals surface area contributed by atoms with Gasteiger partial charge in [0.2, 0.25) is 5.91 Å². The van der Waals surface area contributed by atoms with E-state index in [1.807, 2.05) is 26.0 Å². The second kappa shape index (κ2) is 5.65. The third-order valence-electron chi connectivity index (χ3n) is 3.28. The Balaban J connectivity index is 2.13. The smallest absolute Gasteiger partial charge is 0.228 e. The predicted octanol–water partition coefficient (Wildman–Crippen LogP) is 2.77. The van der Waals surface area contributed by atoms with Crippen LogP contribution in [0.2, 0.25) is 0 Å². The number of hydrogen-bond acceptors (Lipinski definition) is 3. The van der Waals surface area contributed by atoms with E-state index in [2.05, 4.69) is 5.32 Å². The Morgan fingerprint density at radius 3 is 2.55 bits per heavy atom. The molecule has 0 aliphatic carbocycles. The largest absolute Gasteiger partial charge is 0.508 e. The first-order valence-corrected chi connectivity index (χ1v) is 6.41. The zero-order valence-corrected chi connectivity index (χ0v) is 11.6. The standard InChI is InChI=1S/C16H18N2O2/c1-10-7-13(17)14(8-11(10)2)18-16(20)9-12-5-3-4-6-15(12)19/h3-8,19H,9,17H2,1-2H3,(H,18,20). The highest BCUT2D eigenvalue weighted by Gasteiger charge is 2.10. The Morgan fingerprint density at radius 2 is 1.85 bits per heavy atom. The van der Waals surface area contributed by atoms with Gasteiger partial charge in [0, 0.05) is 5.56 Å². The molecule has 4 N–H and O–H groups in total. The number of nitrogen functional groups attached to an aromatic ring is 1. The fourth-order valence-corrected chi connectivity index (χ4v) is 1.97. The molecule has 20 heavy (non-hydrogen) atoms. The molecule has 0 saturated heterocycles. The van der Waals surface area contributed by atoms with E-state index in [9.17, 15) is 9.90 Å². The van der Waals surface area contributed by atoms with Gasteiger partial charge in [-0.2, -0.15) is 0 Å². The molecular formula is C16H18N2O2. The molecule has 104 valence electrons. The van der Waals surface area contributed by atoms with Crippen molar-refractivity contribution in [1.29, 1.82) is 0 Å². The highest BCUT2D eigenvalue weighted by Crippen LogP contribution is 2.23. The first-order chi connectivity index (χ1) is 9.47. The van der Waals surface area contributed by atoms with E-state index in [0.717, 1.165) is 11.1 Å². The van der Waals surface area contributed by atoms with Gasteiger partial charge in [0.05, 0.1) is 17.8 Å². The lowest BCUT2D eigenvalue weighted by atomic mass is 10.1. The van der Waals surface area contributed by atoms with Crippen LogP contribution in [0.3, 0.4) is 0 Å². The van der Waals surface area contributed by atoms with Gasteiger partial charge < -0.3 is 16.2 Å². The molecule has 2 aromatic rings. The summed E-state index contributed by atoms with van der Waals surface area (Å²) in [4.78, 5) is 12.0. The monoisotopic (exact) mass is 270 g/mol. The number of para-hydroxylation sites is 1. The number of aryl methyl sites for hydroxylation is 2. The third kappa shape index (κ3) is 3.09. The molecule has 0 aromatic heterocycles. The summed E-state index contributed by atoms with van der Waals surface area (Å²) in [6.45, 7) is 3.94. The molecule has 4 heteroatoms. The molecule has 0 atom stereocenters. The van der Waals surface area contributed by atoms with Crippen LogP contribution in [0, 0.1) is 13.8 Å². The third-order valence-corrected chi connectivity index (χ3v) is 3.28. The number of benzene rings is 2. The van der Waals surface area contributed by atoms with E-state index in [-0.39, 0.29) is 18.1 Å². The SMILES string of the molecule is Cc1cc(N)c(NC(=O)Cc2ccccc2O)cc1C. The van der Waals surface area contributed by atoms with Crippen molar-refractivity contribution in [3.63, 3.8) is 0 Å². The van der Waals surface area contributed by atoms with Crippen LogP contribution in [-0.4, -0.2) is 11.0 Å². The molecule has 2 rings (SSSR count). The van der Waals surface area contributed by atoms with Gasteiger partial charge in [-0.05, 0) is 43.2 Å². The highest BCUT2D eigenvalue weighted by molar-refractivity contribution is 5.95. The quantitative estimate of drug-likeness (QED) is 0.751. The van der Waals surface area contributed by atoms with Crippen molar-refractivity contribution in [2.75, 3.05) is 11.1 Å². The lowest BCUT2D eigenvalue weighted by Gasteiger charge is -2.11. The topological polar surface area (TPSA) is 75.3 Å². The number of carbonyl (C=O) groups is 1. The van der Waals surface area contributed by atoms with Crippen molar-refractivity contribution < 1.29 is 9.90 Å². The minimum absolute atomic E-state index is 0.110.